The lowest BCUT2D eigenvalue weighted by Crippen LogP contribution is -2.35. The van der Waals surface area contributed by atoms with Gasteiger partial charge in [0.15, 0.2) is 0 Å². The third kappa shape index (κ3) is 3.66. The van der Waals surface area contributed by atoms with E-state index in [0.29, 0.717) is 6.61 Å². The Morgan fingerprint density at radius 1 is 1.06 bits per heavy atom. The normalized spacial score (nSPS) is 17.2. The van der Waals surface area contributed by atoms with Gasteiger partial charge in [0.2, 0.25) is 0 Å². The molecule has 3 heterocycles. The molecule has 4 aromatic rings. The van der Waals surface area contributed by atoms with E-state index in [1.54, 1.807) is 13.4 Å². The van der Waals surface area contributed by atoms with Crippen LogP contribution in [0.15, 0.2) is 55.0 Å². The van der Waals surface area contributed by atoms with Crippen molar-refractivity contribution in [2.75, 3.05) is 33.9 Å². The van der Waals surface area contributed by atoms with E-state index in [-0.39, 0.29) is 6.10 Å². The van der Waals surface area contributed by atoms with E-state index in [2.05, 4.69) is 40.1 Å². The topological polar surface area (TPSA) is 65.3 Å². The molecule has 1 aliphatic heterocycles. The number of hydrogen-bond donors (Lipinski definition) is 0. The summed E-state index contributed by atoms with van der Waals surface area (Å²) in [4.78, 5) is 11.5. The first-order valence-corrected chi connectivity index (χ1v) is 10.4. The molecule has 158 valence electrons. The zero-order valence-corrected chi connectivity index (χ0v) is 17.9. The van der Waals surface area contributed by atoms with Crippen molar-refractivity contribution in [2.45, 2.75) is 6.10 Å². The molecule has 0 spiro atoms. The molecule has 5 rings (SSSR count). The van der Waals surface area contributed by atoms with E-state index in [4.69, 9.17) is 14.6 Å². The number of fused-ring (bicyclic) bond motifs is 1. The summed E-state index contributed by atoms with van der Waals surface area (Å²) in [5.41, 5.74) is 5.62. The first kappa shape index (κ1) is 19.7. The molecule has 1 unspecified atom stereocenters. The molecule has 0 radical (unpaired) electrons. The van der Waals surface area contributed by atoms with E-state index in [1.807, 2.05) is 42.2 Å². The lowest BCUT2D eigenvalue weighted by molar-refractivity contribution is -0.0218. The highest BCUT2D eigenvalue weighted by Crippen LogP contribution is 2.38. The van der Waals surface area contributed by atoms with Crippen LogP contribution < -0.4 is 4.74 Å². The van der Waals surface area contributed by atoms with Gasteiger partial charge in [-0.2, -0.15) is 5.10 Å². The third-order valence-electron chi connectivity index (χ3n) is 5.73. The second-order valence-corrected chi connectivity index (χ2v) is 7.89. The van der Waals surface area contributed by atoms with Crippen LogP contribution in [0.4, 0.5) is 0 Å². The average molecular weight is 415 g/mol. The predicted octanol–water partition coefficient (Wildman–Crippen LogP) is 3.71. The number of rotatable bonds is 4. The predicted molar refractivity (Wildman–Crippen MR) is 120 cm³/mol. The Morgan fingerprint density at radius 2 is 1.90 bits per heavy atom. The quantitative estimate of drug-likeness (QED) is 0.506. The fraction of sp³-hybridized carbons (Fsp3) is 0.292. The number of benzene rings is 2. The Bertz CT molecular complexity index is 1220. The summed E-state index contributed by atoms with van der Waals surface area (Å²) in [5, 5.41) is 5.68. The molecule has 2 aromatic carbocycles. The number of likely N-dealkylation sites (N-methyl/N-ethyl adjacent to an activating group) is 1. The highest BCUT2D eigenvalue weighted by molar-refractivity contribution is 5.96. The number of aryl methyl sites for hydroxylation is 1. The van der Waals surface area contributed by atoms with Crippen molar-refractivity contribution in [1.82, 2.24) is 24.6 Å². The standard InChI is InChI=1S/C24H25N5O2/c1-28-9-10-31-22(14-28)18-11-17-20(12-21(18)30-3)25-15-26-24(17)19-13-29(2)27-23(19)16-7-5-4-6-8-16/h4-8,11-13,15,22H,9-10,14H2,1-3H3. The zero-order valence-electron chi connectivity index (χ0n) is 17.9. The smallest absolute Gasteiger partial charge is 0.126 e. The molecule has 0 N–H and O–H groups in total. The number of aromatic nitrogens is 4. The van der Waals surface area contributed by atoms with Crippen LogP contribution in [0, 0.1) is 0 Å². The van der Waals surface area contributed by atoms with Crippen LogP contribution >= 0.6 is 0 Å². The van der Waals surface area contributed by atoms with Gasteiger partial charge in [-0.05, 0) is 13.1 Å². The zero-order chi connectivity index (χ0) is 21.4. The van der Waals surface area contributed by atoms with Crippen molar-refractivity contribution < 1.29 is 9.47 Å². The van der Waals surface area contributed by atoms with Gasteiger partial charge in [0.25, 0.3) is 0 Å². The van der Waals surface area contributed by atoms with E-state index in [0.717, 1.165) is 57.8 Å². The van der Waals surface area contributed by atoms with Crippen molar-refractivity contribution in [3.8, 4) is 28.3 Å². The summed E-state index contributed by atoms with van der Waals surface area (Å²) in [7, 11) is 5.73. The largest absolute Gasteiger partial charge is 0.496 e. The fourth-order valence-electron chi connectivity index (χ4n) is 4.18. The molecule has 1 aliphatic rings. The van der Waals surface area contributed by atoms with Gasteiger partial charge < -0.3 is 14.4 Å². The van der Waals surface area contributed by atoms with Gasteiger partial charge in [-0.1, -0.05) is 30.3 Å². The van der Waals surface area contributed by atoms with E-state index < -0.39 is 0 Å². The number of hydrogen-bond acceptors (Lipinski definition) is 6. The molecular weight excluding hydrogens is 390 g/mol. The molecule has 0 saturated carbocycles. The van der Waals surface area contributed by atoms with Crippen molar-refractivity contribution in [2.24, 2.45) is 7.05 Å². The minimum atomic E-state index is -0.0614. The van der Waals surface area contributed by atoms with E-state index >= 15 is 0 Å². The van der Waals surface area contributed by atoms with Crippen LogP contribution in [0.25, 0.3) is 33.4 Å². The first-order valence-electron chi connectivity index (χ1n) is 10.4. The maximum Gasteiger partial charge on any atom is 0.126 e. The van der Waals surface area contributed by atoms with E-state index in [1.165, 1.54) is 0 Å². The van der Waals surface area contributed by atoms with Gasteiger partial charge in [-0.15, -0.1) is 0 Å². The van der Waals surface area contributed by atoms with Crippen LogP contribution in [0.3, 0.4) is 0 Å². The maximum atomic E-state index is 6.09. The molecule has 1 saturated heterocycles. The number of morpholine rings is 1. The molecule has 7 heteroatoms. The van der Waals surface area contributed by atoms with Gasteiger partial charge in [-0.25, -0.2) is 9.97 Å². The molecule has 31 heavy (non-hydrogen) atoms. The molecule has 0 aliphatic carbocycles. The second kappa shape index (κ2) is 8.09. The van der Waals surface area contributed by atoms with Crippen molar-refractivity contribution in [3.05, 3.63) is 60.6 Å². The average Bonchev–Trinajstić information content (AvgIpc) is 3.19. The van der Waals surface area contributed by atoms with E-state index in [9.17, 15) is 0 Å². The lowest BCUT2D eigenvalue weighted by Gasteiger charge is -2.31. The summed E-state index contributed by atoms with van der Waals surface area (Å²) in [5.74, 6) is 0.784. The summed E-state index contributed by atoms with van der Waals surface area (Å²) >= 11 is 0. The summed E-state index contributed by atoms with van der Waals surface area (Å²) in [6.45, 7) is 2.44. The minimum absolute atomic E-state index is 0.0614. The van der Waals surface area contributed by atoms with Gasteiger partial charge in [0.05, 0.1) is 31.0 Å². The lowest BCUT2D eigenvalue weighted by atomic mass is 9.99. The van der Waals surface area contributed by atoms with Crippen molar-refractivity contribution in [1.29, 1.82) is 0 Å². The molecule has 2 aromatic heterocycles. The monoisotopic (exact) mass is 415 g/mol. The van der Waals surface area contributed by atoms with Gasteiger partial charge in [0.1, 0.15) is 17.8 Å². The first-order chi connectivity index (χ1) is 15.1. The highest BCUT2D eigenvalue weighted by Gasteiger charge is 2.25. The van der Waals surface area contributed by atoms with Gasteiger partial charge in [0, 0.05) is 54.5 Å². The molecule has 0 amide bonds. The second-order valence-electron chi connectivity index (χ2n) is 7.89. The fourth-order valence-corrected chi connectivity index (χ4v) is 4.18. The molecule has 1 fully saturated rings. The van der Waals surface area contributed by atoms with Gasteiger partial charge >= 0.3 is 0 Å². The maximum absolute atomic E-state index is 6.09. The molecule has 7 nitrogen and oxygen atoms in total. The highest BCUT2D eigenvalue weighted by atomic mass is 16.5. The van der Waals surface area contributed by atoms with Crippen molar-refractivity contribution in [3.63, 3.8) is 0 Å². The number of methoxy groups -OCH3 is 1. The Balaban J connectivity index is 1.70. The van der Waals surface area contributed by atoms with Crippen LogP contribution in [-0.2, 0) is 11.8 Å². The summed E-state index contributed by atoms with van der Waals surface area (Å²) in [6, 6.07) is 14.3. The van der Waals surface area contributed by atoms with Crippen LogP contribution in [0.2, 0.25) is 0 Å². The van der Waals surface area contributed by atoms with Gasteiger partial charge in [-0.3, -0.25) is 4.68 Å². The van der Waals surface area contributed by atoms with Crippen LogP contribution in [0.5, 0.6) is 5.75 Å². The SMILES string of the molecule is COc1cc2ncnc(-c3cn(C)nc3-c3ccccc3)c2cc1C1CN(C)CCO1. The Hall–Kier alpha value is -3.29. The Morgan fingerprint density at radius 3 is 2.68 bits per heavy atom. The summed E-state index contributed by atoms with van der Waals surface area (Å²) < 4.78 is 13.6. The molecule has 0 bridgehead atoms. The number of nitrogens with zero attached hydrogens (tertiary/aromatic N) is 5. The summed E-state index contributed by atoms with van der Waals surface area (Å²) in [6.07, 6.45) is 3.55. The van der Waals surface area contributed by atoms with Crippen molar-refractivity contribution >= 4 is 10.9 Å². The van der Waals surface area contributed by atoms with Crippen LogP contribution in [0.1, 0.15) is 11.7 Å². The third-order valence-corrected chi connectivity index (χ3v) is 5.73. The van der Waals surface area contributed by atoms with Crippen LogP contribution in [-0.4, -0.2) is 58.5 Å². The number of ether oxygens (including phenoxy) is 2. The molecule has 1 atom stereocenters. The molecular formula is C24H25N5O2. The minimum Gasteiger partial charge on any atom is -0.496 e. The Kier molecular flexibility index (Phi) is 5.13. The Labute approximate surface area is 181 Å².